The van der Waals surface area contributed by atoms with E-state index in [0.29, 0.717) is 39.4 Å². The Kier molecular flexibility index (Phi) is 4.96. The van der Waals surface area contributed by atoms with Gasteiger partial charge < -0.3 is 14.8 Å². The summed E-state index contributed by atoms with van der Waals surface area (Å²) in [4.78, 5) is 1.48. The molecule has 1 saturated heterocycles. The molecule has 2 heterocycles. The summed E-state index contributed by atoms with van der Waals surface area (Å²) in [5.41, 5.74) is 1.02. The van der Waals surface area contributed by atoms with Gasteiger partial charge in [-0.15, -0.1) is 0 Å². The lowest BCUT2D eigenvalue weighted by atomic mass is 10.1. The van der Waals surface area contributed by atoms with Crippen LogP contribution < -0.4 is 14.8 Å². The third kappa shape index (κ3) is 4.51. The van der Waals surface area contributed by atoms with Crippen LogP contribution in [0.1, 0.15) is 12.0 Å². The number of alkyl halides is 3. The molecule has 2 aliphatic rings. The van der Waals surface area contributed by atoms with Crippen LogP contribution in [0.5, 0.6) is 11.5 Å². The van der Waals surface area contributed by atoms with Crippen LogP contribution in [0, 0.1) is 5.92 Å². The van der Waals surface area contributed by atoms with Crippen LogP contribution in [-0.2, 0) is 6.54 Å². The van der Waals surface area contributed by atoms with E-state index in [1.54, 1.807) is 0 Å². The fourth-order valence-corrected chi connectivity index (χ4v) is 3.16. The summed E-state index contributed by atoms with van der Waals surface area (Å²) in [6.07, 6.45) is -3.31. The van der Waals surface area contributed by atoms with Gasteiger partial charge in [-0.1, -0.05) is 12.1 Å². The molecule has 3 rings (SSSR count). The fourth-order valence-electron chi connectivity index (χ4n) is 3.16. The fraction of sp³-hybridized carbons (Fsp3) is 0.625. The average Bonchev–Trinajstić information content (AvgIpc) is 2.93. The molecule has 1 aromatic rings. The van der Waals surface area contributed by atoms with Gasteiger partial charge in [0.05, 0.1) is 6.54 Å². The molecule has 7 heteroatoms. The van der Waals surface area contributed by atoms with Gasteiger partial charge in [-0.25, -0.2) is 0 Å². The molecule has 1 aromatic carbocycles. The molecule has 0 saturated carbocycles. The molecule has 0 bridgehead atoms. The van der Waals surface area contributed by atoms with E-state index in [9.17, 15) is 13.2 Å². The number of nitrogens with one attached hydrogen (secondary N) is 1. The third-order valence-electron chi connectivity index (χ3n) is 4.17. The lowest BCUT2D eigenvalue weighted by molar-refractivity contribution is -0.143. The zero-order valence-corrected chi connectivity index (χ0v) is 12.9. The molecule has 1 unspecified atom stereocenters. The Morgan fingerprint density at radius 2 is 2.04 bits per heavy atom. The van der Waals surface area contributed by atoms with Gasteiger partial charge in [-0.05, 0) is 31.5 Å². The highest BCUT2D eigenvalue weighted by molar-refractivity contribution is 5.47. The van der Waals surface area contributed by atoms with E-state index in [4.69, 9.17) is 9.47 Å². The minimum atomic E-state index is -4.11. The van der Waals surface area contributed by atoms with Crippen molar-refractivity contribution in [2.24, 2.45) is 5.92 Å². The van der Waals surface area contributed by atoms with Crippen molar-refractivity contribution in [3.63, 3.8) is 0 Å². The predicted octanol–water partition coefficient (Wildman–Crippen LogP) is 2.43. The van der Waals surface area contributed by atoms with Crippen molar-refractivity contribution in [1.82, 2.24) is 10.2 Å². The zero-order valence-electron chi connectivity index (χ0n) is 12.9. The highest BCUT2D eigenvalue weighted by atomic mass is 19.4. The number of nitrogens with zero attached hydrogens (tertiary/aromatic N) is 1. The molecule has 128 valence electrons. The molecular formula is C16H21F3N2O2. The second-order valence-electron chi connectivity index (χ2n) is 6.08. The number of hydrogen-bond donors (Lipinski definition) is 1. The third-order valence-corrected chi connectivity index (χ3v) is 4.17. The Morgan fingerprint density at radius 3 is 2.87 bits per heavy atom. The summed E-state index contributed by atoms with van der Waals surface area (Å²) in [6.45, 7) is 2.64. The largest absolute Gasteiger partial charge is 0.486 e. The van der Waals surface area contributed by atoms with Crippen LogP contribution in [0.4, 0.5) is 13.2 Å². The molecule has 4 nitrogen and oxygen atoms in total. The van der Waals surface area contributed by atoms with Crippen molar-refractivity contribution in [3.05, 3.63) is 23.8 Å². The first-order chi connectivity index (χ1) is 11.0. The van der Waals surface area contributed by atoms with Crippen molar-refractivity contribution in [3.8, 4) is 11.5 Å². The van der Waals surface area contributed by atoms with Crippen molar-refractivity contribution in [2.75, 3.05) is 39.4 Å². The summed E-state index contributed by atoms with van der Waals surface area (Å²) >= 11 is 0. The molecule has 0 radical (unpaired) electrons. The smallest absolute Gasteiger partial charge is 0.401 e. The van der Waals surface area contributed by atoms with E-state index >= 15 is 0 Å². The average molecular weight is 330 g/mol. The summed E-state index contributed by atoms with van der Waals surface area (Å²) in [5, 5.41) is 3.33. The maximum Gasteiger partial charge on any atom is 0.401 e. The van der Waals surface area contributed by atoms with Gasteiger partial charge in [0, 0.05) is 18.7 Å². The molecule has 23 heavy (non-hydrogen) atoms. The molecule has 1 N–H and O–H groups in total. The molecule has 0 spiro atoms. The summed E-state index contributed by atoms with van der Waals surface area (Å²) in [7, 11) is 0. The normalized spacial score (nSPS) is 21.6. The summed E-state index contributed by atoms with van der Waals surface area (Å²) in [5.74, 6) is 1.79. The van der Waals surface area contributed by atoms with E-state index in [1.807, 2.05) is 18.2 Å². The standard InChI is InChI=1S/C16H21F3N2O2/c17-16(18,19)11-21-5-4-12(10-21)8-20-9-13-2-1-3-14-15(13)23-7-6-22-14/h1-3,12,20H,4-11H2. The predicted molar refractivity (Wildman–Crippen MR) is 79.7 cm³/mol. The topological polar surface area (TPSA) is 33.7 Å². The lowest BCUT2D eigenvalue weighted by Gasteiger charge is -2.21. The van der Waals surface area contributed by atoms with E-state index in [1.165, 1.54) is 4.90 Å². The van der Waals surface area contributed by atoms with Crippen LogP contribution in [0.25, 0.3) is 0 Å². The number of benzene rings is 1. The highest BCUT2D eigenvalue weighted by Gasteiger charge is 2.34. The summed E-state index contributed by atoms with van der Waals surface area (Å²) in [6, 6.07) is 5.78. The van der Waals surface area contributed by atoms with Crippen LogP contribution >= 0.6 is 0 Å². The Hall–Kier alpha value is -1.47. The van der Waals surface area contributed by atoms with Crippen molar-refractivity contribution in [1.29, 1.82) is 0 Å². The second-order valence-corrected chi connectivity index (χ2v) is 6.08. The SMILES string of the molecule is FC(F)(F)CN1CCC(CNCc2cccc3c2OCCO3)C1. The van der Waals surface area contributed by atoms with Crippen LogP contribution in [-0.4, -0.2) is 50.5 Å². The lowest BCUT2D eigenvalue weighted by Crippen LogP contribution is -2.33. The number of rotatable bonds is 5. The van der Waals surface area contributed by atoms with Crippen LogP contribution in [0.15, 0.2) is 18.2 Å². The Balaban J connectivity index is 1.46. The number of hydrogen-bond acceptors (Lipinski definition) is 4. The maximum atomic E-state index is 12.4. The Bertz CT molecular complexity index is 537. The molecule has 2 aliphatic heterocycles. The van der Waals surface area contributed by atoms with Gasteiger partial charge >= 0.3 is 6.18 Å². The van der Waals surface area contributed by atoms with E-state index in [-0.39, 0.29) is 5.92 Å². The molecule has 0 amide bonds. The number of para-hydroxylation sites is 1. The molecule has 1 fully saturated rings. The van der Waals surface area contributed by atoms with Crippen molar-refractivity contribution in [2.45, 2.75) is 19.1 Å². The second kappa shape index (κ2) is 6.97. The van der Waals surface area contributed by atoms with Crippen LogP contribution in [0.3, 0.4) is 0 Å². The molecule has 0 aromatic heterocycles. The van der Waals surface area contributed by atoms with Crippen LogP contribution in [0.2, 0.25) is 0 Å². The first-order valence-electron chi connectivity index (χ1n) is 7.88. The number of likely N-dealkylation sites (tertiary alicyclic amines) is 1. The highest BCUT2D eigenvalue weighted by Crippen LogP contribution is 2.33. The minimum Gasteiger partial charge on any atom is -0.486 e. The minimum absolute atomic E-state index is 0.258. The van der Waals surface area contributed by atoms with E-state index < -0.39 is 12.7 Å². The molecular weight excluding hydrogens is 309 g/mol. The quantitative estimate of drug-likeness (QED) is 0.899. The van der Waals surface area contributed by atoms with Gasteiger partial charge in [0.1, 0.15) is 13.2 Å². The van der Waals surface area contributed by atoms with E-state index in [2.05, 4.69) is 5.32 Å². The first-order valence-corrected chi connectivity index (χ1v) is 7.88. The Labute approximate surface area is 133 Å². The van der Waals surface area contributed by atoms with Crippen molar-refractivity contribution < 1.29 is 22.6 Å². The number of halogens is 3. The Morgan fingerprint density at radius 1 is 1.22 bits per heavy atom. The van der Waals surface area contributed by atoms with Gasteiger partial charge in [0.25, 0.3) is 0 Å². The maximum absolute atomic E-state index is 12.4. The van der Waals surface area contributed by atoms with Gasteiger partial charge in [-0.3, -0.25) is 4.90 Å². The molecule has 1 atom stereocenters. The molecule has 0 aliphatic carbocycles. The van der Waals surface area contributed by atoms with Crippen molar-refractivity contribution >= 4 is 0 Å². The number of fused-ring (bicyclic) bond motifs is 1. The monoisotopic (exact) mass is 330 g/mol. The van der Waals surface area contributed by atoms with E-state index in [0.717, 1.165) is 23.5 Å². The first kappa shape index (κ1) is 16.4. The van der Waals surface area contributed by atoms with Gasteiger partial charge in [0.2, 0.25) is 0 Å². The number of ether oxygens (including phenoxy) is 2. The van der Waals surface area contributed by atoms with Gasteiger partial charge in [-0.2, -0.15) is 13.2 Å². The zero-order chi connectivity index (χ0) is 16.3. The summed E-state index contributed by atoms with van der Waals surface area (Å²) < 4.78 is 48.3. The van der Waals surface area contributed by atoms with Gasteiger partial charge in [0.15, 0.2) is 11.5 Å².